The van der Waals surface area contributed by atoms with Crippen molar-refractivity contribution in [2.24, 2.45) is 5.73 Å². The summed E-state index contributed by atoms with van der Waals surface area (Å²) in [6, 6.07) is 6.73. The Morgan fingerprint density at radius 2 is 1.82 bits per heavy atom. The lowest BCUT2D eigenvalue weighted by Crippen LogP contribution is -2.40. The van der Waals surface area contributed by atoms with Gasteiger partial charge >= 0.3 is 0 Å². The standard InChI is InChI=1S/C17H27N3O2/c1-3-5-9-15(12-18)20-17(22)14-8-6-7-13(11-14)16(21)19-10-4-2/h6-8,11,15H,3-5,9-10,12,18H2,1-2H3,(H,19,21)(H,20,22). The van der Waals surface area contributed by atoms with Crippen molar-refractivity contribution in [3.8, 4) is 0 Å². The summed E-state index contributed by atoms with van der Waals surface area (Å²) in [6.07, 6.45) is 3.85. The van der Waals surface area contributed by atoms with Crippen LogP contribution >= 0.6 is 0 Å². The van der Waals surface area contributed by atoms with Crippen molar-refractivity contribution in [3.05, 3.63) is 35.4 Å². The first-order chi connectivity index (χ1) is 10.6. The summed E-state index contributed by atoms with van der Waals surface area (Å²) in [6.45, 7) is 5.14. The van der Waals surface area contributed by atoms with Gasteiger partial charge in [-0.3, -0.25) is 9.59 Å². The highest BCUT2D eigenvalue weighted by atomic mass is 16.2. The lowest BCUT2D eigenvalue weighted by atomic mass is 10.1. The second kappa shape index (κ2) is 9.95. The third-order valence-electron chi connectivity index (χ3n) is 3.45. The fraction of sp³-hybridized carbons (Fsp3) is 0.529. The second-order valence-electron chi connectivity index (χ2n) is 5.39. The minimum absolute atomic E-state index is 0.0231. The van der Waals surface area contributed by atoms with Gasteiger partial charge < -0.3 is 16.4 Å². The Labute approximate surface area is 132 Å². The number of nitrogens with one attached hydrogen (secondary N) is 2. The molecule has 0 saturated heterocycles. The normalized spacial score (nSPS) is 11.8. The number of unbranched alkanes of at least 4 members (excludes halogenated alkanes) is 1. The van der Waals surface area contributed by atoms with Crippen molar-refractivity contribution in [3.63, 3.8) is 0 Å². The molecule has 0 spiro atoms. The van der Waals surface area contributed by atoms with E-state index in [0.29, 0.717) is 24.2 Å². The summed E-state index contributed by atoms with van der Waals surface area (Å²) in [4.78, 5) is 24.2. The lowest BCUT2D eigenvalue weighted by Gasteiger charge is -2.16. The molecule has 4 N–H and O–H groups in total. The predicted octanol–water partition coefficient (Wildman–Crippen LogP) is 2.07. The number of carbonyl (C=O) groups is 2. The number of nitrogens with two attached hydrogens (primary N) is 1. The molecule has 1 aromatic rings. The van der Waals surface area contributed by atoms with Gasteiger partial charge in [0.1, 0.15) is 0 Å². The van der Waals surface area contributed by atoms with Crippen LogP contribution < -0.4 is 16.4 Å². The molecule has 0 saturated carbocycles. The van der Waals surface area contributed by atoms with Crippen molar-refractivity contribution < 1.29 is 9.59 Å². The molecule has 0 aliphatic heterocycles. The molecule has 1 unspecified atom stereocenters. The van der Waals surface area contributed by atoms with Crippen molar-refractivity contribution in [2.45, 2.75) is 45.6 Å². The van der Waals surface area contributed by atoms with Gasteiger partial charge in [-0.1, -0.05) is 32.8 Å². The van der Waals surface area contributed by atoms with E-state index in [0.717, 1.165) is 25.7 Å². The highest BCUT2D eigenvalue weighted by Crippen LogP contribution is 2.07. The van der Waals surface area contributed by atoms with Gasteiger partial charge in [0.15, 0.2) is 0 Å². The Morgan fingerprint density at radius 3 is 2.41 bits per heavy atom. The molecule has 1 aromatic carbocycles. The zero-order chi connectivity index (χ0) is 16.4. The summed E-state index contributed by atoms with van der Waals surface area (Å²) in [7, 11) is 0. The van der Waals surface area contributed by atoms with Gasteiger partial charge in [-0.25, -0.2) is 0 Å². The summed E-state index contributed by atoms with van der Waals surface area (Å²) < 4.78 is 0. The molecule has 0 radical (unpaired) electrons. The first kappa shape index (κ1) is 18.2. The molecule has 1 atom stereocenters. The van der Waals surface area contributed by atoms with Crippen LogP contribution in [0, 0.1) is 0 Å². The van der Waals surface area contributed by atoms with Gasteiger partial charge in [-0.05, 0) is 31.0 Å². The van der Waals surface area contributed by atoms with Crippen LogP contribution in [0.1, 0.15) is 60.2 Å². The molecular formula is C17H27N3O2. The molecule has 1 rings (SSSR count). The number of rotatable bonds is 9. The van der Waals surface area contributed by atoms with E-state index in [1.807, 2.05) is 6.92 Å². The monoisotopic (exact) mass is 305 g/mol. The van der Waals surface area contributed by atoms with E-state index in [-0.39, 0.29) is 17.9 Å². The highest BCUT2D eigenvalue weighted by molar-refractivity contribution is 5.99. The zero-order valence-corrected chi connectivity index (χ0v) is 13.5. The Bertz CT molecular complexity index is 489. The van der Waals surface area contributed by atoms with Crippen molar-refractivity contribution in [1.29, 1.82) is 0 Å². The van der Waals surface area contributed by atoms with E-state index >= 15 is 0 Å². The summed E-state index contributed by atoms with van der Waals surface area (Å²) in [5, 5.41) is 5.74. The minimum atomic E-state index is -0.184. The maximum Gasteiger partial charge on any atom is 0.251 e. The molecule has 5 heteroatoms. The number of amides is 2. The van der Waals surface area contributed by atoms with Crippen LogP contribution in [0.15, 0.2) is 24.3 Å². The van der Waals surface area contributed by atoms with E-state index in [4.69, 9.17) is 5.73 Å². The number of carbonyl (C=O) groups excluding carboxylic acids is 2. The van der Waals surface area contributed by atoms with E-state index in [1.54, 1.807) is 24.3 Å². The van der Waals surface area contributed by atoms with Crippen LogP contribution in [0.25, 0.3) is 0 Å². The third kappa shape index (κ3) is 5.85. The van der Waals surface area contributed by atoms with Crippen molar-refractivity contribution in [1.82, 2.24) is 10.6 Å². The Hall–Kier alpha value is -1.88. The van der Waals surface area contributed by atoms with Crippen LogP contribution in [0.5, 0.6) is 0 Å². The predicted molar refractivity (Wildman–Crippen MR) is 88.9 cm³/mol. The molecule has 0 heterocycles. The largest absolute Gasteiger partial charge is 0.352 e. The maximum atomic E-state index is 12.3. The minimum Gasteiger partial charge on any atom is -0.352 e. The second-order valence-corrected chi connectivity index (χ2v) is 5.39. The van der Waals surface area contributed by atoms with E-state index < -0.39 is 0 Å². The molecule has 122 valence electrons. The first-order valence-corrected chi connectivity index (χ1v) is 8.01. The van der Waals surface area contributed by atoms with Crippen LogP contribution in [0.2, 0.25) is 0 Å². The molecule has 0 bridgehead atoms. The smallest absolute Gasteiger partial charge is 0.251 e. The van der Waals surface area contributed by atoms with Gasteiger partial charge in [-0.15, -0.1) is 0 Å². The van der Waals surface area contributed by atoms with E-state index in [1.165, 1.54) is 0 Å². The van der Waals surface area contributed by atoms with Crippen molar-refractivity contribution >= 4 is 11.8 Å². The molecule has 0 fully saturated rings. The Kier molecular flexibility index (Phi) is 8.22. The molecule has 0 aromatic heterocycles. The van der Waals surface area contributed by atoms with Gasteiger partial charge in [0.25, 0.3) is 11.8 Å². The average molecular weight is 305 g/mol. The van der Waals surface area contributed by atoms with Gasteiger partial charge in [0.05, 0.1) is 0 Å². The third-order valence-corrected chi connectivity index (χ3v) is 3.45. The number of benzene rings is 1. The summed E-state index contributed by atoms with van der Waals surface area (Å²) in [5.41, 5.74) is 6.68. The number of hydrogen-bond acceptors (Lipinski definition) is 3. The quantitative estimate of drug-likeness (QED) is 0.653. The molecule has 2 amide bonds. The highest BCUT2D eigenvalue weighted by Gasteiger charge is 2.14. The van der Waals surface area contributed by atoms with Crippen LogP contribution in [-0.4, -0.2) is 30.9 Å². The average Bonchev–Trinajstić information content (AvgIpc) is 2.56. The van der Waals surface area contributed by atoms with Crippen molar-refractivity contribution in [2.75, 3.05) is 13.1 Å². The fourth-order valence-corrected chi connectivity index (χ4v) is 2.11. The molecule has 0 aliphatic rings. The number of hydrogen-bond donors (Lipinski definition) is 3. The summed E-state index contributed by atoms with van der Waals surface area (Å²) >= 11 is 0. The SMILES string of the molecule is CCCCC(CN)NC(=O)c1cccc(C(=O)NCCC)c1. The Morgan fingerprint density at radius 1 is 1.14 bits per heavy atom. The summed E-state index contributed by atoms with van der Waals surface area (Å²) in [5.74, 6) is -0.338. The molecule has 5 nitrogen and oxygen atoms in total. The van der Waals surface area contributed by atoms with E-state index in [2.05, 4.69) is 17.6 Å². The maximum absolute atomic E-state index is 12.3. The van der Waals surface area contributed by atoms with Crippen LogP contribution in [-0.2, 0) is 0 Å². The molecular weight excluding hydrogens is 278 g/mol. The first-order valence-electron chi connectivity index (χ1n) is 8.01. The lowest BCUT2D eigenvalue weighted by molar-refractivity contribution is 0.0935. The van der Waals surface area contributed by atoms with Gasteiger partial charge in [-0.2, -0.15) is 0 Å². The topological polar surface area (TPSA) is 84.2 Å². The van der Waals surface area contributed by atoms with E-state index in [9.17, 15) is 9.59 Å². The zero-order valence-electron chi connectivity index (χ0n) is 13.5. The van der Waals surface area contributed by atoms with Gasteiger partial charge in [0.2, 0.25) is 0 Å². The van der Waals surface area contributed by atoms with Crippen LogP contribution in [0.3, 0.4) is 0 Å². The van der Waals surface area contributed by atoms with Gasteiger partial charge in [0, 0.05) is 30.3 Å². The Balaban J connectivity index is 2.71. The molecule has 0 aliphatic carbocycles. The molecule has 22 heavy (non-hydrogen) atoms. The fourth-order valence-electron chi connectivity index (χ4n) is 2.11. The van der Waals surface area contributed by atoms with Crippen LogP contribution in [0.4, 0.5) is 0 Å².